The summed E-state index contributed by atoms with van der Waals surface area (Å²) in [5, 5.41) is 2.85. The zero-order valence-electron chi connectivity index (χ0n) is 14.5. The van der Waals surface area contributed by atoms with E-state index in [0.717, 1.165) is 17.8 Å². The average Bonchev–Trinajstić information content (AvgIpc) is 3.02. The SMILES string of the molecule is CC1Cc2ccccc2N1c1nccc(C(=O)NCc2ccccn2)n1. The zero-order valence-corrected chi connectivity index (χ0v) is 14.5. The number of aromatic nitrogens is 3. The van der Waals surface area contributed by atoms with Gasteiger partial charge in [0.25, 0.3) is 5.91 Å². The first kappa shape index (κ1) is 16.2. The maximum atomic E-state index is 12.5. The molecule has 1 atom stereocenters. The largest absolute Gasteiger partial charge is 0.345 e. The van der Waals surface area contributed by atoms with Crippen LogP contribution in [0.5, 0.6) is 0 Å². The number of hydrogen-bond acceptors (Lipinski definition) is 5. The second kappa shape index (κ2) is 6.92. The monoisotopic (exact) mass is 345 g/mol. The Balaban J connectivity index is 1.54. The summed E-state index contributed by atoms with van der Waals surface area (Å²) in [7, 11) is 0. The van der Waals surface area contributed by atoms with Crippen molar-refractivity contribution >= 4 is 17.5 Å². The summed E-state index contributed by atoms with van der Waals surface area (Å²) in [4.78, 5) is 27.6. The lowest BCUT2D eigenvalue weighted by Crippen LogP contribution is -2.28. The normalized spacial score (nSPS) is 15.6. The number of amides is 1. The highest BCUT2D eigenvalue weighted by molar-refractivity contribution is 5.92. The summed E-state index contributed by atoms with van der Waals surface area (Å²) in [5.41, 5.74) is 3.53. The van der Waals surface area contributed by atoms with Gasteiger partial charge in [-0.15, -0.1) is 0 Å². The number of para-hydroxylation sites is 1. The van der Waals surface area contributed by atoms with Gasteiger partial charge < -0.3 is 10.2 Å². The summed E-state index contributed by atoms with van der Waals surface area (Å²) in [6.07, 6.45) is 4.28. The first-order chi connectivity index (χ1) is 12.7. The molecule has 4 rings (SSSR count). The quantitative estimate of drug-likeness (QED) is 0.787. The van der Waals surface area contributed by atoms with E-state index in [1.165, 1.54) is 5.56 Å². The van der Waals surface area contributed by atoms with Crippen LogP contribution in [0, 0.1) is 0 Å². The Labute approximate surface area is 151 Å². The lowest BCUT2D eigenvalue weighted by molar-refractivity contribution is 0.0945. The van der Waals surface area contributed by atoms with Gasteiger partial charge in [0, 0.05) is 24.1 Å². The molecule has 1 aliphatic heterocycles. The van der Waals surface area contributed by atoms with Crippen LogP contribution in [0.15, 0.2) is 60.9 Å². The van der Waals surface area contributed by atoms with Crippen LogP contribution in [0.25, 0.3) is 0 Å². The Morgan fingerprint density at radius 1 is 1.12 bits per heavy atom. The van der Waals surface area contributed by atoms with Crippen LogP contribution in [0.1, 0.15) is 28.7 Å². The van der Waals surface area contributed by atoms with Gasteiger partial charge >= 0.3 is 0 Å². The van der Waals surface area contributed by atoms with E-state index >= 15 is 0 Å². The Kier molecular flexibility index (Phi) is 4.31. The molecule has 0 fully saturated rings. The zero-order chi connectivity index (χ0) is 17.9. The fraction of sp³-hybridized carbons (Fsp3) is 0.200. The van der Waals surface area contributed by atoms with Gasteiger partial charge in [0.15, 0.2) is 0 Å². The van der Waals surface area contributed by atoms with Gasteiger partial charge in [-0.05, 0) is 43.2 Å². The maximum Gasteiger partial charge on any atom is 0.270 e. The number of nitrogens with one attached hydrogen (secondary N) is 1. The van der Waals surface area contributed by atoms with E-state index in [1.54, 1.807) is 18.5 Å². The highest BCUT2D eigenvalue weighted by Gasteiger charge is 2.29. The molecule has 0 radical (unpaired) electrons. The summed E-state index contributed by atoms with van der Waals surface area (Å²) in [5.74, 6) is 0.312. The fourth-order valence-corrected chi connectivity index (χ4v) is 3.23. The molecule has 0 aliphatic carbocycles. The third-order valence-electron chi connectivity index (χ3n) is 4.45. The van der Waals surface area contributed by atoms with E-state index in [-0.39, 0.29) is 11.9 Å². The van der Waals surface area contributed by atoms with Gasteiger partial charge in [-0.2, -0.15) is 0 Å². The Bertz CT molecular complexity index is 928. The first-order valence-corrected chi connectivity index (χ1v) is 8.60. The fourth-order valence-electron chi connectivity index (χ4n) is 3.23. The Hall–Kier alpha value is -3.28. The molecule has 2 aromatic heterocycles. The number of benzene rings is 1. The van der Waals surface area contributed by atoms with Crippen molar-refractivity contribution in [2.75, 3.05) is 4.90 Å². The lowest BCUT2D eigenvalue weighted by Gasteiger charge is -2.22. The predicted molar refractivity (Wildman–Crippen MR) is 99.2 cm³/mol. The maximum absolute atomic E-state index is 12.5. The van der Waals surface area contributed by atoms with Crippen LogP contribution in [0.4, 0.5) is 11.6 Å². The molecule has 0 saturated heterocycles. The third kappa shape index (κ3) is 3.13. The van der Waals surface area contributed by atoms with Crippen LogP contribution in [0.3, 0.4) is 0 Å². The van der Waals surface area contributed by atoms with Crippen LogP contribution in [-0.4, -0.2) is 26.9 Å². The summed E-state index contributed by atoms with van der Waals surface area (Å²) >= 11 is 0. The molecule has 1 aromatic carbocycles. The van der Waals surface area contributed by atoms with Crippen molar-refractivity contribution in [3.63, 3.8) is 0 Å². The topological polar surface area (TPSA) is 71.0 Å². The molecular weight excluding hydrogens is 326 g/mol. The van der Waals surface area contributed by atoms with Gasteiger partial charge in [-0.3, -0.25) is 9.78 Å². The number of carbonyl (C=O) groups is 1. The average molecular weight is 345 g/mol. The number of anilines is 2. The molecule has 0 saturated carbocycles. The van der Waals surface area contributed by atoms with Crippen molar-refractivity contribution < 1.29 is 4.79 Å². The van der Waals surface area contributed by atoms with E-state index in [1.807, 2.05) is 30.3 Å². The second-order valence-electron chi connectivity index (χ2n) is 6.30. The van der Waals surface area contributed by atoms with Crippen molar-refractivity contribution in [1.82, 2.24) is 20.3 Å². The standard InChI is InChI=1S/C20H19N5O/c1-14-12-15-6-2-3-8-18(15)25(14)20-22-11-9-17(24-20)19(26)23-13-16-7-4-5-10-21-16/h2-11,14H,12-13H2,1H3,(H,23,26). The van der Waals surface area contributed by atoms with Crippen molar-refractivity contribution in [2.45, 2.75) is 25.9 Å². The van der Waals surface area contributed by atoms with Crippen LogP contribution in [-0.2, 0) is 13.0 Å². The summed E-state index contributed by atoms with van der Waals surface area (Å²) in [6.45, 7) is 2.50. The molecule has 6 heteroatoms. The van der Waals surface area contributed by atoms with Gasteiger partial charge in [-0.1, -0.05) is 24.3 Å². The second-order valence-corrected chi connectivity index (χ2v) is 6.30. The minimum Gasteiger partial charge on any atom is -0.345 e. The van der Waals surface area contributed by atoms with E-state index in [2.05, 4.69) is 44.2 Å². The third-order valence-corrected chi connectivity index (χ3v) is 4.45. The lowest BCUT2D eigenvalue weighted by atomic mass is 10.1. The molecule has 1 unspecified atom stereocenters. The Morgan fingerprint density at radius 3 is 2.81 bits per heavy atom. The summed E-state index contributed by atoms with van der Waals surface area (Å²) in [6, 6.07) is 15.7. The number of pyridine rings is 1. The minimum absolute atomic E-state index is 0.237. The molecule has 1 N–H and O–H groups in total. The van der Waals surface area contributed by atoms with E-state index < -0.39 is 0 Å². The van der Waals surface area contributed by atoms with Crippen LogP contribution < -0.4 is 10.2 Å². The van der Waals surface area contributed by atoms with Gasteiger partial charge in [0.1, 0.15) is 5.69 Å². The predicted octanol–water partition coefficient (Wildman–Crippen LogP) is 2.88. The van der Waals surface area contributed by atoms with Crippen molar-refractivity contribution in [2.24, 2.45) is 0 Å². The molecule has 3 heterocycles. The highest BCUT2D eigenvalue weighted by atomic mass is 16.1. The molecule has 26 heavy (non-hydrogen) atoms. The molecule has 0 bridgehead atoms. The molecule has 0 spiro atoms. The van der Waals surface area contributed by atoms with Gasteiger partial charge in [-0.25, -0.2) is 9.97 Å². The minimum atomic E-state index is -0.237. The smallest absolute Gasteiger partial charge is 0.270 e. The van der Waals surface area contributed by atoms with Crippen molar-refractivity contribution in [3.05, 3.63) is 77.9 Å². The molecule has 130 valence electrons. The molecule has 6 nitrogen and oxygen atoms in total. The molecule has 1 amide bonds. The number of hydrogen-bond donors (Lipinski definition) is 1. The van der Waals surface area contributed by atoms with E-state index in [4.69, 9.17) is 0 Å². The van der Waals surface area contributed by atoms with Crippen molar-refractivity contribution in [1.29, 1.82) is 0 Å². The van der Waals surface area contributed by atoms with Crippen LogP contribution >= 0.6 is 0 Å². The number of carbonyl (C=O) groups excluding carboxylic acids is 1. The van der Waals surface area contributed by atoms with Crippen molar-refractivity contribution in [3.8, 4) is 0 Å². The van der Waals surface area contributed by atoms with E-state index in [9.17, 15) is 4.79 Å². The summed E-state index contributed by atoms with van der Waals surface area (Å²) < 4.78 is 0. The Morgan fingerprint density at radius 2 is 1.96 bits per heavy atom. The highest BCUT2D eigenvalue weighted by Crippen LogP contribution is 2.36. The molecule has 1 aliphatic rings. The number of rotatable bonds is 4. The first-order valence-electron chi connectivity index (χ1n) is 8.60. The number of nitrogens with zero attached hydrogens (tertiary/aromatic N) is 4. The van der Waals surface area contributed by atoms with E-state index in [0.29, 0.717) is 18.2 Å². The number of fused-ring (bicyclic) bond motifs is 1. The van der Waals surface area contributed by atoms with Gasteiger partial charge in [0.05, 0.1) is 12.2 Å². The molecular formula is C20H19N5O. The van der Waals surface area contributed by atoms with Crippen LogP contribution in [0.2, 0.25) is 0 Å². The molecule has 3 aromatic rings. The van der Waals surface area contributed by atoms with Gasteiger partial charge in [0.2, 0.25) is 5.95 Å².